The molecule has 0 saturated carbocycles. The summed E-state index contributed by atoms with van der Waals surface area (Å²) in [6, 6.07) is 7.64. The van der Waals surface area contributed by atoms with Gasteiger partial charge in [-0.25, -0.2) is 9.71 Å². The molecule has 0 radical (unpaired) electrons. The van der Waals surface area contributed by atoms with E-state index >= 15 is 0 Å². The number of hydrogen-bond acceptors (Lipinski definition) is 6. The summed E-state index contributed by atoms with van der Waals surface area (Å²) in [6.07, 6.45) is 0. The van der Waals surface area contributed by atoms with Crippen molar-refractivity contribution in [3.05, 3.63) is 35.5 Å². The Bertz CT molecular complexity index is 891. The quantitative estimate of drug-likeness (QED) is 0.871. The Morgan fingerprint density at radius 2 is 1.87 bits per heavy atom. The second-order valence-electron chi connectivity index (χ2n) is 4.93. The molecule has 120 valence electrons. The van der Waals surface area contributed by atoms with Crippen LogP contribution in [0.5, 0.6) is 5.88 Å². The third-order valence-corrected chi connectivity index (χ3v) is 4.05. The fraction of sp³-hybridized carbons (Fsp3) is 0.214. The first kappa shape index (κ1) is 15.2. The third kappa shape index (κ3) is 2.95. The lowest BCUT2D eigenvalue weighted by Crippen LogP contribution is -2.28. The normalized spacial score (nSPS) is 15.3. The van der Waals surface area contributed by atoms with Crippen molar-refractivity contribution in [3.63, 3.8) is 0 Å². The van der Waals surface area contributed by atoms with Crippen molar-refractivity contribution in [1.82, 2.24) is 9.97 Å². The van der Waals surface area contributed by atoms with Gasteiger partial charge in [0.05, 0.1) is 6.61 Å². The van der Waals surface area contributed by atoms with Crippen LogP contribution in [0.15, 0.2) is 28.7 Å². The summed E-state index contributed by atoms with van der Waals surface area (Å²) >= 11 is 0. The van der Waals surface area contributed by atoms with Gasteiger partial charge in [-0.2, -0.15) is 13.4 Å². The SMILES string of the molecule is CCOc1nc2c(nc1-c1ccc(C)cc1)C(N)=NS(=O)(=O)N2. The summed E-state index contributed by atoms with van der Waals surface area (Å²) in [5, 5.41) is 0. The van der Waals surface area contributed by atoms with Gasteiger partial charge in [0.1, 0.15) is 5.69 Å². The van der Waals surface area contributed by atoms with Crippen LogP contribution in [-0.2, 0) is 10.2 Å². The minimum atomic E-state index is -3.91. The maximum Gasteiger partial charge on any atom is 0.345 e. The van der Waals surface area contributed by atoms with Gasteiger partial charge < -0.3 is 10.5 Å². The number of nitrogens with zero attached hydrogens (tertiary/aromatic N) is 3. The topological polar surface area (TPSA) is 120 Å². The first-order valence-electron chi connectivity index (χ1n) is 6.90. The molecule has 1 aromatic carbocycles. The van der Waals surface area contributed by atoms with Gasteiger partial charge in [-0.05, 0) is 13.8 Å². The predicted molar refractivity (Wildman–Crippen MR) is 86.6 cm³/mol. The molecule has 1 aliphatic rings. The Hall–Kier alpha value is -2.68. The third-order valence-electron chi connectivity index (χ3n) is 3.16. The number of benzene rings is 1. The summed E-state index contributed by atoms with van der Waals surface area (Å²) < 4.78 is 34.3. The summed E-state index contributed by atoms with van der Waals surface area (Å²) in [4.78, 5) is 8.62. The lowest BCUT2D eigenvalue weighted by Gasteiger charge is -2.17. The average Bonchev–Trinajstić information content (AvgIpc) is 2.47. The number of nitrogens with two attached hydrogens (primary N) is 1. The van der Waals surface area contributed by atoms with Crippen molar-refractivity contribution in [2.24, 2.45) is 10.1 Å². The van der Waals surface area contributed by atoms with E-state index in [0.29, 0.717) is 12.3 Å². The molecule has 2 aromatic rings. The monoisotopic (exact) mass is 333 g/mol. The average molecular weight is 333 g/mol. The van der Waals surface area contributed by atoms with Crippen molar-refractivity contribution in [3.8, 4) is 17.1 Å². The van der Waals surface area contributed by atoms with Crippen LogP contribution in [0.2, 0.25) is 0 Å². The van der Waals surface area contributed by atoms with Crippen LogP contribution in [0.3, 0.4) is 0 Å². The second-order valence-corrected chi connectivity index (χ2v) is 6.26. The number of rotatable bonds is 3. The number of aryl methyl sites for hydroxylation is 1. The Balaban J connectivity index is 2.20. The van der Waals surface area contributed by atoms with Gasteiger partial charge in [-0.3, -0.25) is 0 Å². The van der Waals surface area contributed by atoms with E-state index in [9.17, 15) is 8.42 Å². The fourth-order valence-corrected chi connectivity index (χ4v) is 2.90. The predicted octanol–water partition coefficient (Wildman–Crippen LogP) is 1.23. The number of aromatic nitrogens is 2. The van der Waals surface area contributed by atoms with E-state index in [1.807, 2.05) is 31.2 Å². The fourth-order valence-electron chi connectivity index (χ4n) is 2.12. The number of ether oxygens (including phenoxy) is 1. The van der Waals surface area contributed by atoms with Gasteiger partial charge in [0.2, 0.25) is 5.88 Å². The van der Waals surface area contributed by atoms with Crippen LogP contribution >= 0.6 is 0 Å². The van der Waals surface area contributed by atoms with Crippen LogP contribution < -0.4 is 15.2 Å². The van der Waals surface area contributed by atoms with E-state index in [1.54, 1.807) is 6.92 Å². The largest absolute Gasteiger partial charge is 0.476 e. The maximum atomic E-state index is 11.6. The zero-order valence-electron chi connectivity index (χ0n) is 12.6. The Morgan fingerprint density at radius 1 is 1.17 bits per heavy atom. The molecule has 0 saturated heterocycles. The second kappa shape index (κ2) is 5.51. The molecule has 0 amide bonds. The highest BCUT2D eigenvalue weighted by molar-refractivity contribution is 7.91. The molecule has 2 heterocycles. The van der Waals surface area contributed by atoms with Crippen molar-refractivity contribution < 1.29 is 13.2 Å². The number of hydrogen-bond donors (Lipinski definition) is 2. The molecule has 0 bridgehead atoms. The molecule has 0 fully saturated rings. The maximum absolute atomic E-state index is 11.6. The molecule has 0 aliphatic carbocycles. The van der Waals surface area contributed by atoms with E-state index in [2.05, 4.69) is 19.1 Å². The molecular weight excluding hydrogens is 318 g/mol. The summed E-state index contributed by atoms with van der Waals surface area (Å²) in [5.74, 6) is 0.0342. The Labute approximate surface area is 133 Å². The van der Waals surface area contributed by atoms with Gasteiger partial charge >= 0.3 is 10.2 Å². The summed E-state index contributed by atoms with van der Waals surface area (Å²) in [7, 11) is -3.91. The lowest BCUT2D eigenvalue weighted by atomic mass is 10.1. The van der Waals surface area contributed by atoms with Crippen molar-refractivity contribution in [2.75, 3.05) is 11.3 Å². The molecule has 1 aromatic heterocycles. The molecule has 3 rings (SSSR count). The van der Waals surface area contributed by atoms with Crippen LogP contribution in [0.1, 0.15) is 18.2 Å². The number of nitrogens with one attached hydrogen (secondary N) is 1. The molecule has 0 unspecified atom stereocenters. The van der Waals surface area contributed by atoms with Crippen molar-refractivity contribution >= 4 is 21.9 Å². The van der Waals surface area contributed by atoms with Gasteiger partial charge in [-0.15, -0.1) is 4.40 Å². The first-order chi connectivity index (χ1) is 10.9. The highest BCUT2D eigenvalue weighted by Gasteiger charge is 2.26. The molecule has 1 aliphatic heterocycles. The molecule has 23 heavy (non-hydrogen) atoms. The molecule has 0 atom stereocenters. The van der Waals surface area contributed by atoms with E-state index in [4.69, 9.17) is 10.5 Å². The Morgan fingerprint density at radius 3 is 2.52 bits per heavy atom. The van der Waals surface area contributed by atoms with Gasteiger partial charge in [0, 0.05) is 5.56 Å². The number of fused-ring (bicyclic) bond motifs is 1. The molecular formula is C14H15N5O3S. The Kier molecular flexibility index (Phi) is 3.64. The van der Waals surface area contributed by atoms with E-state index < -0.39 is 10.2 Å². The highest BCUT2D eigenvalue weighted by Crippen LogP contribution is 2.31. The van der Waals surface area contributed by atoms with Crippen LogP contribution in [0.25, 0.3) is 11.3 Å². The van der Waals surface area contributed by atoms with Gasteiger partial charge in [0.15, 0.2) is 17.3 Å². The van der Waals surface area contributed by atoms with Crippen molar-refractivity contribution in [2.45, 2.75) is 13.8 Å². The van der Waals surface area contributed by atoms with Crippen LogP contribution in [0, 0.1) is 6.92 Å². The zero-order valence-corrected chi connectivity index (χ0v) is 13.4. The minimum absolute atomic E-state index is 0.0109. The highest BCUT2D eigenvalue weighted by atomic mass is 32.2. The van der Waals surface area contributed by atoms with E-state index in [-0.39, 0.29) is 23.2 Å². The summed E-state index contributed by atoms with van der Waals surface area (Å²) in [5.41, 5.74) is 8.25. The zero-order chi connectivity index (χ0) is 16.6. The van der Waals surface area contributed by atoms with Crippen LogP contribution in [-0.4, -0.2) is 30.8 Å². The number of amidine groups is 1. The van der Waals surface area contributed by atoms with Crippen molar-refractivity contribution in [1.29, 1.82) is 0 Å². The van der Waals surface area contributed by atoms with E-state index in [1.165, 1.54) is 0 Å². The first-order valence-corrected chi connectivity index (χ1v) is 8.34. The smallest absolute Gasteiger partial charge is 0.345 e. The standard InChI is InChI=1S/C14H15N5O3S/c1-3-22-14-10(9-6-4-8(2)5-7-9)16-11-12(15)18-23(20,21)19-13(11)17-14/h4-7H,3H2,1-2H3,(H2,15,18)(H,17,19). The van der Waals surface area contributed by atoms with E-state index in [0.717, 1.165) is 11.1 Å². The minimum Gasteiger partial charge on any atom is -0.476 e. The summed E-state index contributed by atoms with van der Waals surface area (Å²) in [6.45, 7) is 4.15. The van der Waals surface area contributed by atoms with Crippen LogP contribution in [0.4, 0.5) is 5.82 Å². The van der Waals surface area contributed by atoms with Gasteiger partial charge in [-0.1, -0.05) is 29.8 Å². The lowest BCUT2D eigenvalue weighted by molar-refractivity contribution is 0.327. The molecule has 3 N–H and O–H groups in total. The number of anilines is 1. The molecule has 8 nitrogen and oxygen atoms in total. The molecule has 0 spiro atoms. The van der Waals surface area contributed by atoms with Gasteiger partial charge in [0.25, 0.3) is 0 Å². The molecule has 9 heteroatoms.